The number of nitrogens with one attached hydrogen (secondary N) is 1. The third-order valence-corrected chi connectivity index (χ3v) is 7.33. The maximum Gasteiger partial charge on any atom is 0.261 e. The second-order valence-electron chi connectivity index (χ2n) is 7.56. The first-order chi connectivity index (χ1) is 13.3. The molecule has 6 nitrogen and oxygen atoms in total. The van der Waals surface area contributed by atoms with Crippen molar-refractivity contribution >= 4 is 27.3 Å². The van der Waals surface area contributed by atoms with Crippen LogP contribution in [0.4, 0.5) is 11.4 Å². The lowest BCUT2D eigenvalue weighted by molar-refractivity contribution is 0.0993. The SMILES string of the molecule is Cc1ccc2c(c1)N(C)C(=O)c1cc(NS(=O)(=O)C3CCCCC3)ccc1O2. The molecule has 1 saturated carbocycles. The quantitative estimate of drug-likeness (QED) is 0.826. The number of sulfonamides is 1. The van der Waals surface area contributed by atoms with Gasteiger partial charge in [-0.15, -0.1) is 0 Å². The fourth-order valence-corrected chi connectivity index (χ4v) is 5.43. The minimum atomic E-state index is -3.48. The van der Waals surface area contributed by atoms with Crippen molar-refractivity contribution in [2.75, 3.05) is 16.7 Å². The fraction of sp³-hybridized carbons (Fsp3) is 0.381. The van der Waals surface area contributed by atoms with Crippen molar-refractivity contribution in [1.29, 1.82) is 0 Å². The summed E-state index contributed by atoms with van der Waals surface area (Å²) >= 11 is 0. The van der Waals surface area contributed by atoms with Gasteiger partial charge in [-0.2, -0.15) is 0 Å². The largest absolute Gasteiger partial charge is 0.454 e. The van der Waals surface area contributed by atoms with Crippen LogP contribution in [0.3, 0.4) is 0 Å². The summed E-state index contributed by atoms with van der Waals surface area (Å²) in [5.74, 6) is 0.772. The van der Waals surface area contributed by atoms with Crippen molar-refractivity contribution in [2.45, 2.75) is 44.3 Å². The average Bonchev–Trinajstić information content (AvgIpc) is 2.78. The summed E-state index contributed by atoms with van der Waals surface area (Å²) < 4.78 is 34.1. The van der Waals surface area contributed by atoms with E-state index in [1.165, 1.54) is 4.90 Å². The van der Waals surface area contributed by atoms with Crippen molar-refractivity contribution in [2.24, 2.45) is 0 Å². The van der Waals surface area contributed by atoms with Gasteiger partial charge in [0.2, 0.25) is 10.0 Å². The highest BCUT2D eigenvalue weighted by molar-refractivity contribution is 7.93. The van der Waals surface area contributed by atoms with Gasteiger partial charge in [-0.1, -0.05) is 25.3 Å². The molecule has 0 bridgehead atoms. The van der Waals surface area contributed by atoms with E-state index < -0.39 is 10.0 Å². The third kappa shape index (κ3) is 3.46. The maximum atomic E-state index is 13.0. The number of rotatable bonds is 3. The number of hydrogen-bond acceptors (Lipinski definition) is 4. The number of carbonyl (C=O) groups is 1. The molecule has 4 rings (SSSR count). The molecule has 0 spiro atoms. The van der Waals surface area contributed by atoms with E-state index in [9.17, 15) is 13.2 Å². The van der Waals surface area contributed by atoms with Gasteiger partial charge >= 0.3 is 0 Å². The van der Waals surface area contributed by atoms with Gasteiger partial charge in [0.25, 0.3) is 5.91 Å². The van der Waals surface area contributed by atoms with Gasteiger partial charge in [0.05, 0.1) is 16.5 Å². The van der Waals surface area contributed by atoms with E-state index in [0.717, 1.165) is 24.8 Å². The highest BCUT2D eigenvalue weighted by atomic mass is 32.2. The molecule has 0 atom stereocenters. The third-order valence-electron chi connectivity index (χ3n) is 5.46. The number of ether oxygens (including phenoxy) is 1. The molecule has 1 fully saturated rings. The molecule has 1 N–H and O–H groups in total. The molecule has 28 heavy (non-hydrogen) atoms. The summed E-state index contributed by atoms with van der Waals surface area (Å²) in [7, 11) is -1.79. The van der Waals surface area contributed by atoms with Gasteiger partial charge in [0, 0.05) is 12.7 Å². The Kier molecular flexibility index (Phi) is 4.79. The van der Waals surface area contributed by atoms with Crippen molar-refractivity contribution in [3.8, 4) is 11.5 Å². The Morgan fingerprint density at radius 1 is 1.04 bits per heavy atom. The molecular weight excluding hydrogens is 376 g/mol. The monoisotopic (exact) mass is 400 g/mol. The Hall–Kier alpha value is -2.54. The van der Waals surface area contributed by atoms with Crippen LogP contribution in [0.15, 0.2) is 36.4 Å². The van der Waals surface area contributed by atoms with Gasteiger partial charge in [-0.3, -0.25) is 9.52 Å². The number of amides is 1. The van der Waals surface area contributed by atoms with Crippen molar-refractivity contribution in [1.82, 2.24) is 0 Å². The first-order valence-electron chi connectivity index (χ1n) is 9.57. The van der Waals surface area contributed by atoms with E-state index in [-0.39, 0.29) is 11.2 Å². The second-order valence-corrected chi connectivity index (χ2v) is 9.52. The topological polar surface area (TPSA) is 75.7 Å². The standard InChI is InChI=1S/C21H24N2O4S/c1-14-8-10-20-18(12-14)23(2)21(24)17-13-15(9-11-19(17)27-20)22-28(25,26)16-6-4-3-5-7-16/h8-13,16,22H,3-7H2,1-2H3. The lowest BCUT2D eigenvalue weighted by Gasteiger charge is -2.22. The van der Waals surface area contributed by atoms with E-state index in [1.54, 1.807) is 25.2 Å². The molecule has 148 valence electrons. The molecular formula is C21H24N2O4S. The zero-order valence-corrected chi connectivity index (χ0v) is 16.9. The number of nitrogens with zero attached hydrogens (tertiary/aromatic N) is 1. The van der Waals surface area contributed by atoms with E-state index in [1.807, 2.05) is 25.1 Å². The van der Waals surface area contributed by atoms with Crippen molar-refractivity contribution < 1.29 is 17.9 Å². The second kappa shape index (κ2) is 7.13. The van der Waals surface area contributed by atoms with Gasteiger partial charge < -0.3 is 9.64 Å². The molecule has 0 unspecified atom stereocenters. The fourth-order valence-electron chi connectivity index (χ4n) is 3.86. The molecule has 0 radical (unpaired) electrons. The highest BCUT2D eigenvalue weighted by Crippen LogP contribution is 2.39. The number of benzene rings is 2. The summed E-state index contributed by atoms with van der Waals surface area (Å²) in [6.45, 7) is 1.95. The Balaban J connectivity index is 1.66. The zero-order chi connectivity index (χ0) is 19.9. The predicted molar refractivity (Wildman–Crippen MR) is 110 cm³/mol. The van der Waals surface area contributed by atoms with Crippen molar-refractivity contribution in [3.63, 3.8) is 0 Å². The Morgan fingerprint density at radius 2 is 1.75 bits per heavy atom. The number of fused-ring (bicyclic) bond motifs is 2. The lowest BCUT2D eigenvalue weighted by atomic mass is 10.0. The normalized spacial score (nSPS) is 17.4. The van der Waals surface area contributed by atoms with Gasteiger partial charge in [-0.25, -0.2) is 8.42 Å². The van der Waals surface area contributed by atoms with Crippen LogP contribution < -0.4 is 14.4 Å². The number of hydrogen-bond donors (Lipinski definition) is 1. The molecule has 1 heterocycles. The van der Waals surface area contributed by atoms with E-state index in [2.05, 4.69) is 4.72 Å². The van der Waals surface area contributed by atoms with Crippen LogP contribution in [0.2, 0.25) is 0 Å². The maximum absolute atomic E-state index is 13.0. The van der Waals surface area contributed by atoms with E-state index in [0.29, 0.717) is 41.3 Å². The molecule has 2 aromatic carbocycles. The lowest BCUT2D eigenvalue weighted by Crippen LogP contribution is -2.30. The molecule has 0 aromatic heterocycles. The summed E-state index contributed by atoms with van der Waals surface area (Å²) in [4.78, 5) is 14.5. The zero-order valence-electron chi connectivity index (χ0n) is 16.1. The van der Waals surface area contributed by atoms with Crippen LogP contribution >= 0.6 is 0 Å². The van der Waals surface area contributed by atoms with Crippen molar-refractivity contribution in [3.05, 3.63) is 47.5 Å². The van der Waals surface area contributed by atoms with Gasteiger partial charge in [0.15, 0.2) is 5.75 Å². The summed E-state index contributed by atoms with van der Waals surface area (Å²) in [5.41, 5.74) is 2.43. The molecule has 2 aromatic rings. The smallest absolute Gasteiger partial charge is 0.261 e. The van der Waals surface area contributed by atoms with Crippen LogP contribution in [-0.4, -0.2) is 26.6 Å². The summed E-state index contributed by atoms with van der Waals surface area (Å²) in [5, 5.41) is -0.373. The van der Waals surface area contributed by atoms with Gasteiger partial charge in [-0.05, 0) is 55.7 Å². The van der Waals surface area contributed by atoms with Crippen LogP contribution in [0.1, 0.15) is 48.0 Å². The Morgan fingerprint density at radius 3 is 2.50 bits per heavy atom. The minimum absolute atomic E-state index is 0.238. The Labute approximate surface area is 165 Å². The predicted octanol–water partition coefficient (Wildman–Crippen LogP) is 4.45. The summed E-state index contributed by atoms with van der Waals surface area (Å²) in [6.07, 6.45) is 4.32. The molecule has 2 aliphatic rings. The number of carbonyl (C=O) groups excluding carboxylic acids is 1. The molecule has 1 aliphatic carbocycles. The first-order valence-corrected chi connectivity index (χ1v) is 11.1. The Bertz CT molecular complexity index is 1030. The van der Waals surface area contributed by atoms with Crippen LogP contribution in [-0.2, 0) is 10.0 Å². The highest BCUT2D eigenvalue weighted by Gasteiger charge is 2.29. The van der Waals surface area contributed by atoms with Crippen LogP contribution in [0, 0.1) is 6.92 Å². The molecule has 1 aliphatic heterocycles. The number of aryl methyl sites for hydroxylation is 1. The summed E-state index contributed by atoms with van der Waals surface area (Å²) in [6, 6.07) is 10.5. The molecule has 1 amide bonds. The number of anilines is 2. The average molecular weight is 401 g/mol. The van der Waals surface area contributed by atoms with E-state index in [4.69, 9.17) is 4.74 Å². The molecule has 0 saturated heterocycles. The van der Waals surface area contributed by atoms with Gasteiger partial charge in [0.1, 0.15) is 5.75 Å². The van der Waals surface area contributed by atoms with Crippen LogP contribution in [0.25, 0.3) is 0 Å². The van der Waals surface area contributed by atoms with Crippen LogP contribution in [0.5, 0.6) is 11.5 Å². The van der Waals surface area contributed by atoms with E-state index >= 15 is 0 Å². The minimum Gasteiger partial charge on any atom is -0.454 e. The first kappa shape index (κ1) is 18.8. The molecule has 7 heteroatoms.